The van der Waals surface area contributed by atoms with Gasteiger partial charge in [-0.1, -0.05) is 24.9 Å². The van der Waals surface area contributed by atoms with Crippen LogP contribution in [0.25, 0.3) is 0 Å². The van der Waals surface area contributed by atoms with Crippen molar-refractivity contribution in [2.75, 3.05) is 18.5 Å². The summed E-state index contributed by atoms with van der Waals surface area (Å²) in [6.45, 7) is 3.34. The lowest BCUT2D eigenvalue weighted by Crippen LogP contribution is -2.11. The van der Waals surface area contributed by atoms with E-state index in [-0.39, 0.29) is 5.91 Å². The smallest absolute Gasteiger partial charge is 0.224 e. The van der Waals surface area contributed by atoms with Gasteiger partial charge >= 0.3 is 0 Å². The van der Waals surface area contributed by atoms with E-state index < -0.39 is 0 Å². The summed E-state index contributed by atoms with van der Waals surface area (Å²) in [4.78, 5) is 11.7. The van der Waals surface area contributed by atoms with Gasteiger partial charge < -0.3 is 15.8 Å². The van der Waals surface area contributed by atoms with Gasteiger partial charge in [0.05, 0.1) is 11.6 Å². The number of carbonyl (C=O) groups is 1. The van der Waals surface area contributed by atoms with Crippen LogP contribution < -0.4 is 15.8 Å². The van der Waals surface area contributed by atoms with E-state index in [1.807, 2.05) is 6.92 Å². The number of unbranched alkanes of at least 4 members (excludes halogenated alkanes) is 2. The van der Waals surface area contributed by atoms with Crippen molar-refractivity contribution in [1.82, 2.24) is 0 Å². The predicted molar refractivity (Wildman–Crippen MR) is 83.4 cm³/mol. The molecular weight excluding hydrogens is 276 g/mol. The van der Waals surface area contributed by atoms with Gasteiger partial charge in [-0.2, -0.15) is 0 Å². The topological polar surface area (TPSA) is 64.3 Å². The Balaban J connectivity index is 2.43. The van der Waals surface area contributed by atoms with E-state index in [1.54, 1.807) is 18.2 Å². The molecule has 0 atom stereocenters. The number of benzene rings is 1. The molecule has 1 aromatic rings. The molecule has 1 aromatic carbocycles. The van der Waals surface area contributed by atoms with E-state index >= 15 is 0 Å². The quantitative estimate of drug-likeness (QED) is 0.685. The molecule has 4 nitrogen and oxygen atoms in total. The number of hydrogen-bond acceptors (Lipinski definition) is 3. The Morgan fingerprint density at radius 3 is 2.80 bits per heavy atom. The fraction of sp³-hybridized carbons (Fsp3) is 0.533. The van der Waals surface area contributed by atoms with Crippen molar-refractivity contribution in [3.8, 4) is 5.75 Å². The van der Waals surface area contributed by atoms with Crippen molar-refractivity contribution in [3.05, 3.63) is 23.2 Å². The highest BCUT2D eigenvalue weighted by Gasteiger charge is 2.06. The molecule has 0 radical (unpaired) electrons. The third-order valence-electron chi connectivity index (χ3n) is 2.79. The maximum Gasteiger partial charge on any atom is 0.224 e. The number of ether oxygens (including phenoxy) is 1. The van der Waals surface area contributed by atoms with Gasteiger partial charge in [0, 0.05) is 12.1 Å². The highest BCUT2D eigenvalue weighted by molar-refractivity contribution is 6.32. The van der Waals surface area contributed by atoms with Gasteiger partial charge in [-0.15, -0.1) is 0 Å². The van der Waals surface area contributed by atoms with Gasteiger partial charge in [-0.25, -0.2) is 0 Å². The first-order valence-electron chi connectivity index (χ1n) is 7.09. The molecule has 0 heterocycles. The van der Waals surface area contributed by atoms with E-state index in [9.17, 15) is 4.79 Å². The predicted octanol–water partition coefficient (Wildman–Crippen LogP) is 3.59. The molecular formula is C15H23ClN2O2. The van der Waals surface area contributed by atoms with E-state index in [1.165, 1.54) is 0 Å². The van der Waals surface area contributed by atoms with Crippen LogP contribution in [-0.4, -0.2) is 19.1 Å². The minimum absolute atomic E-state index is 0.000291. The lowest BCUT2D eigenvalue weighted by atomic mass is 10.2. The Morgan fingerprint density at radius 2 is 2.15 bits per heavy atom. The van der Waals surface area contributed by atoms with Crippen LogP contribution >= 0.6 is 11.6 Å². The normalized spacial score (nSPS) is 10.3. The Bertz CT molecular complexity index is 424. The molecule has 20 heavy (non-hydrogen) atoms. The van der Waals surface area contributed by atoms with Crippen LogP contribution in [0.1, 0.15) is 39.0 Å². The first kappa shape index (κ1) is 16.8. The van der Waals surface area contributed by atoms with Crippen LogP contribution in [0, 0.1) is 0 Å². The molecule has 0 aromatic heterocycles. The van der Waals surface area contributed by atoms with Crippen molar-refractivity contribution in [2.24, 2.45) is 5.73 Å². The molecule has 0 aliphatic carbocycles. The molecule has 5 heteroatoms. The van der Waals surface area contributed by atoms with Crippen LogP contribution in [-0.2, 0) is 4.79 Å². The average Bonchev–Trinajstić information content (AvgIpc) is 2.43. The van der Waals surface area contributed by atoms with Gasteiger partial charge in [0.15, 0.2) is 0 Å². The molecule has 0 saturated heterocycles. The van der Waals surface area contributed by atoms with Gasteiger partial charge in [0.25, 0.3) is 0 Å². The van der Waals surface area contributed by atoms with Crippen molar-refractivity contribution in [3.63, 3.8) is 0 Å². The Kier molecular flexibility index (Phi) is 8.07. The standard InChI is InChI=1S/C15H23ClN2O2/c1-2-10-20-14-8-7-12(11-13(14)16)18-15(19)6-4-3-5-9-17/h7-8,11H,2-6,9-10,17H2,1H3,(H,18,19). The summed E-state index contributed by atoms with van der Waals surface area (Å²) in [5.74, 6) is 0.648. The minimum Gasteiger partial charge on any atom is -0.492 e. The monoisotopic (exact) mass is 298 g/mol. The molecule has 3 N–H and O–H groups in total. The molecule has 0 aliphatic rings. The number of anilines is 1. The number of amides is 1. The van der Waals surface area contributed by atoms with Crippen molar-refractivity contribution < 1.29 is 9.53 Å². The van der Waals surface area contributed by atoms with E-state index in [2.05, 4.69) is 5.32 Å². The molecule has 1 amide bonds. The Hall–Kier alpha value is -1.26. The van der Waals surface area contributed by atoms with Crippen LogP contribution in [0.2, 0.25) is 5.02 Å². The van der Waals surface area contributed by atoms with E-state index in [0.717, 1.165) is 25.7 Å². The van der Waals surface area contributed by atoms with Crippen molar-refractivity contribution in [2.45, 2.75) is 39.0 Å². The molecule has 1 rings (SSSR count). The van der Waals surface area contributed by atoms with E-state index in [4.69, 9.17) is 22.1 Å². The Labute approximate surface area is 125 Å². The van der Waals surface area contributed by atoms with Gasteiger partial charge in [0.1, 0.15) is 5.75 Å². The zero-order valence-corrected chi connectivity index (χ0v) is 12.7. The van der Waals surface area contributed by atoms with Crippen molar-refractivity contribution in [1.29, 1.82) is 0 Å². The fourth-order valence-electron chi connectivity index (χ4n) is 1.74. The minimum atomic E-state index is 0.000291. The number of nitrogens with one attached hydrogen (secondary N) is 1. The maximum absolute atomic E-state index is 11.7. The highest BCUT2D eigenvalue weighted by atomic mass is 35.5. The Morgan fingerprint density at radius 1 is 1.35 bits per heavy atom. The zero-order valence-electron chi connectivity index (χ0n) is 12.0. The molecule has 0 fully saturated rings. The number of carbonyl (C=O) groups excluding carboxylic acids is 1. The second-order valence-corrected chi connectivity index (χ2v) is 5.05. The molecule has 0 spiro atoms. The van der Waals surface area contributed by atoms with Crippen LogP contribution in [0.5, 0.6) is 5.75 Å². The number of nitrogens with two attached hydrogens (primary N) is 1. The molecule has 0 saturated carbocycles. The fourth-order valence-corrected chi connectivity index (χ4v) is 1.97. The maximum atomic E-state index is 11.7. The zero-order chi connectivity index (χ0) is 14.8. The van der Waals surface area contributed by atoms with Crippen molar-refractivity contribution >= 4 is 23.2 Å². The average molecular weight is 299 g/mol. The lowest BCUT2D eigenvalue weighted by molar-refractivity contribution is -0.116. The summed E-state index contributed by atoms with van der Waals surface area (Å²) >= 11 is 6.10. The summed E-state index contributed by atoms with van der Waals surface area (Å²) in [6, 6.07) is 5.29. The van der Waals surface area contributed by atoms with Crippen LogP contribution in [0.3, 0.4) is 0 Å². The summed E-state index contributed by atoms with van der Waals surface area (Å²) in [5, 5.41) is 3.35. The first-order chi connectivity index (χ1) is 9.67. The number of rotatable bonds is 9. The summed E-state index contributed by atoms with van der Waals surface area (Å²) in [7, 11) is 0. The molecule has 0 aliphatic heterocycles. The first-order valence-corrected chi connectivity index (χ1v) is 7.47. The second kappa shape index (κ2) is 9.61. The molecule has 0 bridgehead atoms. The van der Waals surface area contributed by atoms with E-state index in [0.29, 0.717) is 36.0 Å². The van der Waals surface area contributed by atoms with Crippen LogP contribution in [0.15, 0.2) is 18.2 Å². The SMILES string of the molecule is CCCOc1ccc(NC(=O)CCCCCN)cc1Cl. The van der Waals surface area contributed by atoms with Gasteiger partial charge in [-0.3, -0.25) is 4.79 Å². The third kappa shape index (κ3) is 6.26. The summed E-state index contributed by atoms with van der Waals surface area (Å²) in [6.07, 6.45) is 4.23. The van der Waals surface area contributed by atoms with Crippen LogP contribution in [0.4, 0.5) is 5.69 Å². The second-order valence-electron chi connectivity index (χ2n) is 4.64. The number of halogens is 1. The summed E-state index contributed by atoms with van der Waals surface area (Å²) in [5.41, 5.74) is 6.10. The largest absolute Gasteiger partial charge is 0.492 e. The lowest BCUT2D eigenvalue weighted by Gasteiger charge is -2.09. The third-order valence-corrected chi connectivity index (χ3v) is 3.08. The molecule has 0 unspecified atom stereocenters. The van der Waals surface area contributed by atoms with Gasteiger partial charge in [-0.05, 0) is 44.0 Å². The molecule has 112 valence electrons. The highest BCUT2D eigenvalue weighted by Crippen LogP contribution is 2.27. The van der Waals surface area contributed by atoms with Gasteiger partial charge in [0.2, 0.25) is 5.91 Å². The summed E-state index contributed by atoms with van der Waals surface area (Å²) < 4.78 is 5.48. The number of hydrogen-bond donors (Lipinski definition) is 2.